The Balaban J connectivity index is 1.77. The Morgan fingerprint density at radius 2 is 2.05 bits per heavy atom. The molecule has 6 heteroatoms. The molecule has 2 N–H and O–H groups in total. The Hall–Kier alpha value is -0.850. The predicted molar refractivity (Wildman–Crippen MR) is 74.7 cm³/mol. The number of fused-ring (bicyclic) bond motifs is 1. The molecule has 0 bridgehead atoms. The topological polar surface area (TPSA) is 68.8 Å². The highest BCUT2D eigenvalue weighted by Crippen LogP contribution is 2.29. The lowest BCUT2D eigenvalue weighted by Crippen LogP contribution is -2.42. The summed E-state index contributed by atoms with van der Waals surface area (Å²) in [5, 5.41) is 6.10. The van der Waals surface area contributed by atoms with Gasteiger partial charge in [0, 0.05) is 6.54 Å². The minimum absolute atomic E-state index is 0.0124. The van der Waals surface area contributed by atoms with Gasteiger partial charge in [0.15, 0.2) is 6.10 Å². The van der Waals surface area contributed by atoms with Gasteiger partial charge < -0.3 is 24.8 Å². The lowest BCUT2D eigenvalue weighted by molar-refractivity contribution is 0.00401. The lowest BCUT2D eigenvalue weighted by Gasteiger charge is -2.18. The molecule has 0 saturated carbocycles. The van der Waals surface area contributed by atoms with Gasteiger partial charge in [0.05, 0.1) is 19.3 Å². The van der Waals surface area contributed by atoms with E-state index in [9.17, 15) is 4.79 Å². The van der Waals surface area contributed by atoms with Gasteiger partial charge in [-0.15, -0.1) is 0 Å². The molecule has 0 aromatic heterocycles. The third-order valence-electron chi connectivity index (χ3n) is 3.72. The van der Waals surface area contributed by atoms with Gasteiger partial charge in [-0.1, -0.05) is 13.8 Å². The Labute approximate surface area is 120 Å². The maximum atomic E-state index is 11.5. The monoisotopic (exact) mass is 286 g/mol. The second-order valence-corrected chi connectivity index (χ2v) is 5.81. The van der Waals surface area contributed by atoms with E-state index >= 15 is 0 Å². The molecule has 0 aliphatic carbocycles. The van der Waals surface area contributed by atoms with Crippen molar-refractivity contribution in [3.05, 3.63) is 0 Å². The standard InChI is InChI=1S/C14H26N2O4/c1-4-15-14(17)20-11-8-19-12-10(7-18-13(11)12)16-6-5-9(2)3/h9-13,16H,4-8H2,1-3H3,(H,15,17). The number of hydrogen-bond acceptors (Lipinski definition) is 5. The van der Waals surface area contributed by atoms with E-state index in [1.54, 1.807) is 0 Å². The summed E-state index contributed by atoms with van der Waals surface area (Å²) in [6.07, 6.45) is 0.271. The maximum Gasteiger partial charge on any atom is 0.407 e. The minimum atomic E-state index is -0.401. The van der Waals surface area contributed by atoms with Crippen LogP contribution >= 0.6 is 0 Å². The van der Waals surface area contributed by atoms with Crippen LogP contribution in [0.4, 0.5) is 4.79 Å². The van der Waals surface area contributed by atoms with Crippen molar-refractivity contribution in [3.8, 4) is 0 Å². The van der Waals surface area contributed by atoms with E-state index in [-0.39, 0.29) is 24.4 Å². The fourth-order valence-electron chi connectivity index (χ4n) is 2.62. The van der Waals surface area contributed by atoms with E-state index in [1.165, 1.54) is 0 Å². The van der Waals surface area contributed by atoms with Gasteiger partial charge >= 0.3 is 6.09 Å². The summed E-state index contributed by atoms with van der Waals surface area (Å²) in [5.41, 5.74) is 0. The largest absolute Gasteiger partial charge is 0.441 e. The molecule has 4 atom stereocenters. The van der Waals surface area contributed by atoms with Gasteiger partial charge in [0.25, 0.3) is 0 Å². The average Bonchev–Trinajstić information content (AvgIpc) is 2.94. The molecule has 2 rings (SSSR count). The van der Waals surface area contributed by atoms with Crippen LogP contribution < -0.4 is 10.6 Å². The summed E-state index contributed by atoms with van der Waals surface area (Å²) < 4.78 is 16.8. The molecular formula is C14H26N2O4. The van der Waals surface area contributed by atoms with Crippen molar-refractivity contribution < 1.29 is 19.0 Å². The highest BCUT2D eigenvalue weighted by molar-refractivity contribution is 5.67. The van der Waals surface area contributed by atoms with Crippen molar-refractivity contribution in [2.75, 3.05) is 26.3 Å². The van der Waals surface area contributed by atoms with Crippen LogP contribution in [0.3, 0.4) is 0 Å². The summed E-state index contributed by atoms with van der Waals surface area (Å²) in [5.74, 6) is 0.680. The number of amides is 1. The zero-order chi connectivity index (χ0) is 14.5. The van der Waals surface area contributed by atoms with Gasteiger partial charge in [0.2, 0.25) is 0 Å². The minimum Gasteiger partial charge on any atom is -0.441 e. The Bertz CT molecular complexity index is 324. The van der Waals surface area contributed by atoms with Crippen LogP contribution in [0.25, 0.3) is 0 Å². The Kier molecular flexibility index (Phi) is 5.63. The van der Waals surface area contributed by atoms with Gasteiger partial charge in [-0.3, -0.25) is 0 Å². The third-order valence-corrected chi connectivity index (χ3v) is 3.72. The van der Waals surface area contributed by atoms with Crippen LogP contribution in [0.15, 0.2) is 0 Å². The summed E-state index contributed by atoms with van der Waals surface area (Å²) in [6.45, 7) is 8.81. The molecule has 2 aliphatic heterocycles. The highest BCUT2D eigenvalue weighted by Gasteiger charge is 2.49. The molecule has 0 radical (unpaired) electrons. The smallest absolute Gasteiger partial charge is 0.407 e. The van der Waals surface area contributed by atoms with Crippen LogP contribution in [-0.2, 0) is 14.2 Å². The summed E-state index contributed by atoms with van der Waals surface area (Å²) in [4.78, 5) is 11.5. The maximum absolute atomic E-state index is 11.5. The van der Waals surface area contributed by atoms with Crippen LogP contribution in [0, 0.1) is 5.92 Å². The molecule has 116 valence electrons. The zero-order valence-corrected chi connectivity index (χ0v) is 12.6. The quantitative estimate of drug-likeness (QED) is 0.759. The van der Waals surface area contributed by atoms with Crippen molar-refractivity contribution in [1.29, 1.82) is 0 Å². The van der Waals surface area contributed by atoms with Crippen molar-refractivity contribution in [3.63, 3.8) is 0 Å². The molecule has 4 unspecified atom stereocenters. The number of carbonyl (C=O) groups excluding carboxylic acids is 1. The van der Waals surface area contributed by atoms with Crippen molar-refractivity contribution in [1.82, 2.24) is 10.6 Å². The Morgan fingerprint density at radius 3 is 2.75 bits per heavy atom. The predicted octanol–water partition coefficient (Wildman–Crippen LogP) is 0.903. The van der Waals surface area contributed by atoms with Gasteiger partial charge in [0.1, 0.15) is 12.2 Å². The summed E-state index contributed by atoms with van der Waals surface area (Å²) in [6, 6.07) is 0.196. The average molecular weight is 286 g/mol. The Morgan fingerprint density at radius 1 is 1.30 bits per heavy atom. The molecule has 20 heavy (non-hydrogen) atoms. The van der Waals surface area contributed by atoms with E-state index in [2.05, 4.69) is 24.5 Å². The number of carbonyl (C=O) groups is 1. The molecule has 1 amide bonds. The summed E-state index contributed by atoms with van der Waals surface area (Å²) >= 11 is 0. The number of rotatable bonds is 6. The highest BCUT2D eigenvalue weighted by atomic mass is 16.6. The second kappa shape index (κ2) is 7.24. The first-order valence-corrected chi connectivity index (χ1v) is 7.53. The van der Waals surface area contributed by atoms with Crippen LogP contribution in [-0.4, -0.2) is 56.8 Å². The van der Waals surface area contributed by atoms with Crippen LogP contribution in [0.1, 0.15) is 27.2 Å². The molecular weight excluding hydrogens is 260 g/mol. The van der Waals surface area contributed by atoms with E-state index in [0.29, 0.717) is 25.7 Å². The first kappa shape index (κ1) is 15.5. The molecule has 2 fully saturated rings. The van der Waals surface area contributed by atoms with E-state index in [0.717, 1.165) is 13.0 Å². The number of nitrogens with one attached hydrogen (secondary N) is 2. The number of alkyl carbamates (subject to hydrolysis) is 1. The fourth-order valence-corrected chi connectivity index (χ4v) is 2.62. The molecule has 2 heterocycles. The summed E-state index contributed by atoms with van der Waals surface area (Å²) in [7, 11) is 0. The zero-order valence-electron chi connectivity index (χ0n) is 12.6. The van der Waals surface area contributed by atoms with E-state index in [4.69, 9.17) is 14.2 Å². The molecule has 6 nitrogen and oxygen atoms in total. The van der Waals surface area contributed by atoms with E-state index in [1.807, 2.05) is 6.92 Å². The van der Waals surface area contributed by atoms with Crippen LogP contribution in [0.2, 0.25) is 0 Å². The fraction of sp³-hybridized carbons (Fsp3) is 0.929. The van der Waals surface area contributed by atoms with Crippen molar-refractivity contribution in [2.45, 2.75) is 51.5 Å². The van der Waals surface area contributed by atoms with Gasteiger partial charge in [-0.2, -0.15) is 0 Å². The number of hydrogen-bond donors (Lipinski definition) is 2. The molecule has 0 aromatic rings. The first-order chi connectivity index (χ1) is 9.61. The molecule has 0 aromatic carbocycles. The molecule has 2 aliphatic rings. The van der Waals surface area contributed by atoms with Gasteiger partial charge in [-0.25, -0.2) is 4.79 Å². The molecule has 0 spiro atoms. The normalized spacial score (nSPS) is 32.4. The molecule has 2 saturated heterocycles. The lowest BCUT2D eigenvalue weighted by atomic mass is 10.1. The SMILES string of the molecule is CCNC(=O)OC1COC2C(NCCC(C)C)COC12. The van der Waals surface area contributed by atoms with E-state index < -0.39 is 6.09 Å². The van der Waals surface area contributed by atoms with Gasteiger partial charge in [-0.05, 0) is 25.8 Å². The number of ether oxygens (including phenoxy) is 3. The second-order valence-electron chi connectivity index (χ2n) is 5.81. The van der Waals surface area contributed by atoms with Crippen molar-refractivity contribution >= 4 is 6.09 Å². The van der Waals surface area contributed by atoms with Crippen LogP contribution in [0.5, 0.6) is 0 Å². The third kappa shape index (κ3) is 3.84. The van der Waals surface area contributed by atoms with Crippen molar-refractivity contribution in [2.24, 2.45) is 5.92 Å². The first-order valence-electron chi connectivity index (χ1n) is 7.53.